The number of nitrogens with zero attached hydrogens (tertiary/aromatic N) is 3. The van der Waals surface area contributed by atoms with Crippen molar-refractivity contribution in [2.24, 2.45) is 0 Å². The number of amides is 1. The molecule has 0 atom stereocenters. The third-order valence-corrected chi connectivity index (χ3v) is 3.55. The van der Waals surface area contributed by atoms with Crippen molar-refractivity contribution in [3.63, 3.8) is 0 Å². The number of para-hydroxylation sites is 1. The smallest absolute Gasteiger partial charge is 0.257 e. The lowest BCUT2D eigenvalue weighted by atomic mass is 10.2. The Labute approximate surface area is 118 Å². The van der Waals surface area contributed by atoms with Gasteiger partial charge in [-0.05, 0) is 19.1 Å². The molecule has 0 aliphatic carbocycles. The summed E-state index contributed by atoms with van der Waals surface area (Å²) in [6, 6.07) is 9.85. The summed E-state index contributed by atoms with van der Waals surface area (Å²) < 4.78 is 1.77. The maximum Gasteiger partial charge on any atom is 0.257 e. The quantitative estimate of drug-likeness (QED) is 0.893. The van der Waals surface area contributed by atoms with Crippen molar-refractivity contribution >= 4 is 5.91 Å². The van der Waals surface area contributed by atoms with Crippen LogP contribution in [0.15, 0.2) is 36.5 Å². The third-order valence-electron chi connectivity index (χ3n) is 3.55. The summed E-state index contributed by atoms with van der Waals surface area (Å²) in [7, 11) is 0. The molecule has 5 nitrogen and oxygen atoms in total. The Morgan fingerprint density at radius 2 is 1.90 bits per heavy atom. The Balaban J connectivity index is 1.87. The van der Waals surface area contributed by atoms with Crippen molar-refractivity contribution in [2.45, 2.75) is 6.92 Å². The van der Waals surface area contributed by atoms with Gasteiger partial charge in [0.15, 0.2) is 0 Å². The lowest BCUT2D eigenvalue weighted by Gasteiger charge is -2.27. The highest BCUT2D eigenvalue weighted by Crippen LogP contribution is 2.14. The van der Waals surface area contributed by atoms with Crippen LogP contribution in [0.2, 0.25) is 0 Å². The van der Waals surface area contributed by atoms with E-state index in [1.54, 1.807) is 4.68 Å². The minimum atomic E-state index is 0.0752. The largest absolute Gasteiger partial charge is 0.336 e. The van der Waals surface area contributed by atoms with Crippen LogP contribution in [0, 0.1) is 6.92 Å². The number of rotatable bonds is 2. The van der Waals surface area contributed by atoms with Crippen LogP contribution in [-0.4, -0.2) is 46.8 Å². The zero-order valence-electron chi connectivity index (χ0n) is 11.5. The number of aryl methyl sites for hydroxylation is 1. The van der Waals surface area contributed by atoms with Crippen LogP contribution in [0.3, 0.4) is 0 Å². The van der Waals surface area contributed by atoms with Gasteiger partial charge in [-0.3, -0.25) is 4.79 Å². The van der Waals surface area contributed by atoms with Crippen LogP contribution in [0.5, 0.6) is 0 Å². The number of carbonyl (C=O) groups is 1. The minimum absolute atomic E-state index is 0.0752. The lowest BCUT2D eigenvalue weighted by molar-refractivity contribution is 0.0735. The van der Waals surface area contributed by atoms with Crippen LogP contribution in [0.25, 0.3) is 5.69 Å². The van der Waals surface area contributed by atoms with E-state index < -0.39 is 0 Å². The van der Waals surface area contributed by atoms with E-state index in [4.69, 9.17) is 0 Å². The van der Waals surface area contributed by atoms with Crippen molar-refractivity contribution in [3.05, 3.63) is 47.8 Å². The summed E-state index contributed by atoms with van der Waals surface area (Å²) in [5.74, 6) is 0.0752. The number of carbonyl (C=O) groups excluding carboxylic acids is 1. The zero-order chi connectivity index (χ0) is 13.9. The Kier molecular flexibility index (Phi) is 3.52. The van der Waals surface area contributed by atoms with Crippen LogP contribution in [0.4, 0.5) is 0 Å². The minimum Gasteiger partial charge on any atom is -0.336 e. The summed E-state index contributed by atoms with van der Waals surface area (Å²) in [5, 5.41) is 7.70. The van der Waals surface area contributed by atoms with Gasteiger partial charge in [-0.2, -0.15) is 5.10 Å². The van der Waals surface area contributed by atoms with E-state index in [9.17, 15) is 4.79 Å². The predicted molar refractivity (Wildman–Crippen MR) is 77.1 cm³/mol. The summed E-state index contributed by atoms with van der Waals surface area (Å²) >= 11 is 0. The van der Waals surface area contributed by atoms with Crippen molar-refractivity contribution in [1.82, 2.24) is 20.0 Å². The van der Waals surface area contributed by atoms with Gasteiger partial charge in [0.1, 0.15) is 0 Å². The molecule has 20 heavy (non-hydrogen) atoms. The van der Waals surface area contributed by atoms with Crippen LogP contribution in [0.1, 0.15) is 16.1 Å². The Hall–Kier alpha value is -2.14. The molecule has 1 aromatic heterocycles. The van der Waals surface area contributed by atoms with E-state index in [0.717, 1.165) is 37.6 Å². The molecule has 5 heteroatoms. The number of hydrogen-bond acceptors (Lipinski definition) is 3. The first-order valence-electron chi connectivity index (χ1n) is 6.87. The fourth-order valence-electron chi connectivity index (χ4n) is 2.42. The normalized spacial score (nSPS) is 15.3. The first-order chi connectivity index (χ1) is 9.75. The predicted octanol–water partition coefficient (Wildman–Crippen LogP) is 1.23. The van der Waals surface area contributed by atoms with E-state index in [2.05, 4.69) is 10.4 Å². The second-order valence-corrected chi connectivity index (χ2v) is 4.95. The third kappa shape index (κ3) is 2.44. The summed E-state index contributed by atoms with van der Waals surface area (Å²) in [6.07, 6.45) is 1.83. The molecule has 1 fully saturated rings. The summed E-state index contributed by atoms with van der Waals surface area (Å²) in [5.41, 5.74) is 2.43. The lowest BCUT2D eigenvalue weighted by Crippen LogP contribution is -2.46. The molecule has 0 saturated carbocycles. The van der Waals surface area contributed by atoms with Gasteiger partial charge in [-0.25, -0.2) is 4.68 Å². The van der Waals surface area contributed by atoms with Gasteiger partial charge >= 0.3 is 0 Å². The molecule has 1 aromatic carbocycles. The molecule has 0 spiro atoms. The molecular formula is C15H18N4O. The highest BCUT2D eigenvalue weighted by Gasteiger charge is 2.21. The molecule has 1 amide bonds. The van der Waals surface area contributed by atoms with Crippen molar-refractivity contribution in [2.75, 3.05) is 26.2 Å². The molecule has 0 unspecified atom stereocenters. The number of nitrogens with one attached hydrogen (secondary N) is 1. The first kappa shape index (κ1) is 12.9. The molecule has 1 N–H and O–H groups in total. The van der Waals surface area contributed by atoms with Crippen LogP contribution < -0.4 is 5.32 Å². The van der Waals surface area contributed by atoms with Crippen LogP contribution in [-0.2, 0) is 0 Å². The first-order valence-corrected chi connectivity index (χ1v) is 6.87. The second-order valence-electron chi connectivity index (χ2n) is 4.95. The number of benzene rings is 1. The maximum atomic E-state index is 12.5. The van der Waals surface area contributed by atoms with E-state index in [0.29, 0.717) is 5.56 Å². The summed E-state index contributed by atoms with van der Waals surface area (Å²) in [6.45, 7) is 5.12. The van der Waals surface area contributed by atoms with Gasteiger partial charge in [0.2, 0.25) is 0 Å². The topological polar surface area (TPSA) is 50.2 Å². The van der Waals surface area contributed by atoms with Gasteiger partial charge in [-0.1, -0.05) is 18.2 Å². The Morgan fingerprint density at radius 3 is 2.60 bits per heavy atom. The van der Waals surface area contributed by atoms with E-state index in [-0.39, 0.29) is 5.91 Å². The Bertz CT molecular complexity index is 600. The van der Waals surface area contributed by atoms with Crippen LogP contribution >= 0.6 is 0 Å². The average Bonchev–Trinajstić information content (AvgIpc) is 2.90. The highest BCUT2D eigenvalue weighted by atomic mass is 16.2. The molecule has 0 radical (unpaired) electrons. The monoisotopic (exact) mass is 270 g/mol. The highest BCUT2D eigenvalue weighted by molar-refractivity contribution is 5.95. The number of hydrogen-bond donors (Lipinski definition) is 1. The molecular weight excluding hydrogens is 252 g/mol. The van der Waals surface area contributed by atoms with Gasteiger partial charge < -0.3 is 10.2 Å². The number of aromatic nitrogens is 2. The SMILES string of the molecule is Cc1nn(-c2ccccc2)cc1C(=O)N1CCNCC1. The van der Waals surface area contributed by atoms with Gasteiger partial charge in [0.25, 0.3) is 5.91 Å². The van der Waals surface area contributed by atoms with Crippen molar-refractivity contribution in [3.8, 4) is 5.69 Å². The van der Waals surface area contributed by atoms with Crippen molar-refractivity contribution < 1.29 is 4.79 Å². The molecule has 1 aliphatic heterocycles. The average molecular weight is 270 g/mol. The number of piperazine rings is 1. The van der Waals surface area contributed by atoms with Gasteiger partial charge in [0.05, 0.1) is 16.9 Å². The van der Waals surface area contributed by atoms with Gasteiger partial charge in [-0.15, -0.1) is 0 Å². The second kappa shape index (κ2) is 5.46. The molecule has 2 heterocycles. The molecule has 104 valence electrons. The maximum absolute atomic E-state index is 12.5. The van der Waals surface area contributed by atoms with E-state index in [1.165, 1.54) is 0 Å². The van der Waals surface area contributed by atoms with Crippen molar-refractivity contribution in [1.29, 1.82) is 0 Å². The molecule has 2 aromatic rings. The molecule has 1 saturated heterocycles. The zero-order valence-corrected chi connectivity index (χ0v) is 11.5. The van der Waals surface area contributed by atoms with E-state index in [1.807, 2.05) is 48.4 Å². The molecule has 0 bridgehead atoms. The Morgan fingerprint density at radius 1 is 1.20 bits per heavy atom. The van der Waals surface area contributed by atoms with E-state index >= 15 is 0 Å². The standard InChI is InChI=1S/C15H18N4O/c1-12-14(15(20)18-9-7-16-8-10-18)11-19(17-12)13-5-3-2-4-6-13/h2-6,11,16H,7-10H2,1H3. The fraction of sp³-hybridized carbons (Fsp3) is 0.333. The fourth-order valence-corrected chi connectivity index (χ4v) is 2.42. The van der Waals surface area contributed by atoms with Gasteiger partial charge in [0, 0.05) is 32.4 Å². The molecule has 3 rings (SSSR count). The molecule has 1 aliphatic rings. The summed E-state index contributed by atoms with van der Waals surface area (Å²) in [4.78, 5) is 14.4.